The molecule has 2 saturated heterocycles. The molecule has 2 aliphatic heterocycles. The van der Waals surface area contributed by atoms with Crippen LogP contribution in [0.15, 0.2) is 0 Å². The molecular weight excluding hydrogens is 486 g/mol. The molecule has 5 atom stereocenters. The molecule has 216 valence electrons. The van der Waals surface area contributed by atoms with E-state index in [0.717, 1.165) is 12.7 Å². The molecule has 2 heterocycles. The molecule has 1 N–H and O–H groups in total. The third kappa shape index (κ3) is 7.12. The van der Waals surface area contributed by atoms with Gasteiger partial charge in [0.25, 0.3) is 0 Å². The van der Waals surface area contributed by atoms with Crippen molar-refractivity contribution in [3.05, 3.63) is 0 Å². The number of aldehydes is 1. The zero-order valence-electron chi connectivity index (χ0n) is 24.8. The first-order chi connectivity index (χ1) is 17.7. The van der Waals surface area contributed by atoms with Gasteiger partial charge in [0.05, 0.1) is 18.0 Å². The van der Waals surface area contributed by atoms with Gasteiger partial charge in [0, 0.05) is 26.7 Å². The summed E-state index contributed by atoms with van der Waals surface area (Å²) >= 11 is 0. The van der Waals surface area contributed by atoms with Crippen LogP contribution in [0.4, 0.5) is 0 Å². The summed E-state index contributed by atoms with van der Waals surface area (Å²) in [4.78, 5) is 71.6. The van der Waals surface area contributed by atoms with Crippen LogP contribution < -0.4 is 5.32 Å². The van der Waals surface area contributed by atoms with Gasteiger partial charge >= 0.3 is 0 Å². The zero-order valence-corrected chi connectivity index (χ0v) is 24.8. The lowest BCUT2D eigenvalue weighted by Gasteiger charge is -2.37. The van der Waals surface area contributed by atoms with E-state index >= 15 is 0 Å². The predicted molar refractivity (Wildman–Crippen MR) is 146 cm³/mol. The Bertz CT molecular complexity index is 866. The van der Waals surface area contributed by atoms with Gasteiger partial charge in [-0.3, -0.25) is 24.1 Å². The topological polar surface area (TPSA) is 110 Å². The van der Waals surface area contributed by atoms with Crippen LogP contribution >= 0.6 is 0 Å². The third-order valence-electron chi connectivity index (χ3n) is 7.92. The van der Waals surface area contributed by atoms with Crippen LogP contribution in [0, 0.1) is 23.7 Å². The normalized spacial score (nSPS) is 22.2. The molecule has 0 aromatic carbocycles. The molecule has 10 nitrogen and oxygen atoms in total. The van der Waals surface area contributed by atoms with Crippen molar-refractivity contribution in [3.63, 3.8) is 0 Å². The van der Waals surface area contributed by atoms with E-state index < -0.39 is 12.1 Å². The first-order valence-corrected chi connectivity index (χ1v) is 14.0. The van der Waals surface area contributed by atoms with Gasteiger partial charge in [0.2, 0.25) is 23.6 Å². The summed E-state index contributed by atoms with van der Waals surface area (Å²) in [6.45, 7) is 12.8. The van der Waals surface area contributed by atoms with Gasteiger partial charge in [-0.05, 0) is 51.1 Å². The summed E-state index contributed by atoms with van der Waals surface area (Å²) < 4.78 is 0. The van der Waals surface area contributed by atoms with Crippen LogP contribution in [0.2, 0.25) is 0 Å². The lowest BCUT2D eigenvalue weighted by atomic mass is 9.96. The minimum atomic E-state index is -0.772. The molecule has 10 heteroatoms. The SMILES string of the molecule is CC(C)C(NC(=O)C(C(C)C)N(C)C)C(=O)N(C)C(C(=O)N1CCC(C(=O)N2CCCC2C=O)C1)C(C)C. The van der Waals surface area contributed by atoms with Crippen LogP contribution in [-0.2, 0) is 24.0 Å². The maximum Gasteiger partial charge on any atom is 0.245 e. The number of rotatable bonds is 11. The second-order valence-electron chi connectivity index (χ2n) is 12.2. The third-order valence-corrected chi connectivity index (χ3v) is 7.92. The summed E-state index contributed by atoms with van der Waals surface area (Å²) in [7, 11) is 5.30. The van der Waals surface area contributed by atoms with Crippen LogP contribution in [0.3, 0.4) is 0 Å². The van der Waals surface area contributed by atoms with Gasteiger partial charge < -0.3 is 24.8 Å². The van der Waals surface area contributed by atoms with E-state index in [1.807, 2.05) is 60.5 Å². The van der Waals surface area contributed by atoms with Crippen molar-refractivity contribution in [2.24, 2.45) is 23.7 Å². The van der Waals surface area contributed by atoms with E-state index in [0.29, 0.717) is 25.9 Å². The summed E-state index contributed by atoms with van der Waals surface area (Å²) in [5.41, 5.74) is 0. The van der Waals surface area contributed by atoms with Crippen molar-refractivity contribution < 1.29 is 24.0 Å². The van der Waals surface area contributed by atoms with E-state index in [-0.39, 0.29) is 65.9 Å². The molecule has 0 saturated carbocycles. The molecule has 0 aromatic rings. The molecule has 5 unspecified atom stereocenters. The van der Waals surface area contributed by atoms with Crippen molar-refractivity contribution in [1.82, 2.24) is 24.9 Å². The van der Waals surface area contributed by atoms with E-state index in [2.05, 4.69) is 5.32 Å². The van der Waals surface area contributed by atoms with Crippen molar-refractivity contribution >= 4 is 29.9 Å². The maximum atomic E-state index is 13.7. The molecule has 0 spiro atoms. The molecule has 2 aliphatic rings. The van der Waals surface area contributed by atoms with Gasteiger partial charge in [-0.1, -0.05) is 41.5 Å². The molecule has 0 aromatic heterocycles. The maximum absolute atomic E-state index is 13.7. The highest BCUT2D eigenvalue weighted by molar-refractivity contribution is 5.94. The Hall–Kier alpha value is -2.49. The summed E-state index contributed by atoms with van der Waals surface area (Å²) in [6.07, 6.45) is 2.88. The number of hydrogen-bond acceptors (Lipinski definition) is 6. The number of amides is 4. The fraction of sp³-hybridized carbons (Fsp3) is 0.821. The molecule has 2 fully saturated rings. The zero-order chi connectivity index (χ0) is 28.9. The van der Waals surface area contributed by atoms with Crippen LogP contribution in [0.25, 0.3) is 0 Å². The monoisotopic (exact) mass is 535 g/mol. The minimum absolute atomic E-state index is 0.0591. The first-order valence-electron chi connectivity index (χ1n) is 14.0. The molecule has 0 aliphatic carbocycles. The average molecular weight is 536 g/mol. The molecule has 38 heavy (non-hydrogen) atoms. The van der Waals surface area contributed by atoms with Gasteiger partial charge in [-0.2, -0.15) is 0 Å². The lowest BCUT2D eigenvalue weighted by molar-refractivity contribution is -0.148. The second-order valence-corrected chi connectivity index (χ2v) is 12.2. The van der Waals surface area contributed by atoms with Gasteiger partial charge in [-0.25, -0.2) is 0 Å². The van der Waals surface area contributed by atoms with Gasteiger partial charge in [0.15, 0.2) is 0 Å². The highest BCUT2D eigenvalue weighted by atomic mass is 16.2. The van der Waals surface area contributed by atoms with Crippen LogP contribution in [0.1, 0.15) is 60.8 Å². The standard InChI is InChI=1S/C28H49N5O5/c1-17(2)22(29-25(35)23(18(3)4)30(7)8)27(37)31(9)24(19(5)6)28(38)32-14-12-20(15-32)26(36)33-13-10-11-21(33)16-34/h16-24H,10-15H2,1-9H3,(H,29,35). The second kappa shape index (κ2) is 13.5. The number of nitrogens with one attached hydrogen (secondary N) is 1. The minimum Gasteiger partial charge on any atom is -0.343 e. The smallest absolute Gasteiger partial charge is 0.245 e. The Morgan fingerprint density at radius 1 is 0.868 bits per heavy atom. The predicted octanol–water partition coefficient (Wildman–Crippen LogP) is 1.23. The number of likely N-dealkylation sites (tertiary alicyclic amines) is 2. The number of hydrogen-bond donors (Lipinski definition) is 1. The Labute approximate surface area is 228 Å². The number of likely N-dealkylation sites (N-methyl/N-ethyl adjacent to an activating group) is 2. The lowest BCUT2D eigenvalue weighted by Crippen LogP contribution is -2.59. The van der Waals surface area contributed by atoms with Crippen molar-refractivity contribution in [2.75, 3.05) is 40.8 Å². The van der Waals surface area contributed by atoms with Crippen molar-refractivity contribution in [3.8, 4) is 0 Å². The average Bonchev–Trinajstić information content (AvgIpc) is 3.50. The summed E-state index contributed by atoms with van der Waals surface area (Å²) in [6, 6.07) is -2.25. The Morgan fingerprint density at radius 2 is 1.47 bits per heavy atom. The molecular formula is C28H49N5O5. The Balaban J connectivity index is 2.15. The molecule has 2 rings (SSSR count). The van der Waals surface area contributed by atoms with Crippen LogP contribution in [-0.4, -0.2) is 114 Å². The van der Waals surface area contributed by atoms with E-state index in [1.54, 1.807) is 16.8 Å². The molecule has 0 radical (unpaired) electrons. The largest absolute Gasteiger partial charge is 0.343 e. The molecule has 0 bridgehead atoms. The Morgan fingerprint density at radius 3 is 1.97 bits per heavy atom. The van der Waals surface area contributed by atoms with Gasteiger partial charge in [-0.15, -0.1) is 0 Å². The highest BCUT2D eigenvalue weighted by Crippen LogP contribution is 2.26. The number of nitrogens with zero attached hydrogens (tertiary/aromatic N) is 4. The summed E-state index contributed by atoms with van der Waals surface area (Å²) in [5, 5.41) is 2.95. The first kappa shape index (κ1) is 31.7. The number of carbonyl (C=O) groups is 5. The van der Waals surface area contributed by atoms with Crippen molar-refractivity contribution in [1.29, 1.82) is 0 Å². The fourth-order valence-electron chi connectivity index (χ4n) is 5.93. The number of carbonyl (C=O) groups excluding carboxylic acids is 5. The van der Waals surface area contributed by atoms with Crippen molar-refractivity contribution in [2.45, 2.75) is 85.0 Å². The Kier molecular flexibility index (Phi) is 11.3. The molecule has 4 amide bonds. The summed E-state index contributed by atoms with van der Waals surface area (Å²) in [5.74, 6) is -1.40. The van der Waals surface area contributed by atoms with Crippen LogP contribution in [0.5, 0.6) is 0 Å². The highest BCUT2D eigenvalue weighted by Gasteiger charge is 2.42. The van der Waals surface area contributed by atoms with E-state index in [9.17, 15) is 24.0 Å². The quantitative estimate of drug-likeness (QED) is 0.399. The van der Waals surface area contributed by atoms with Gasteiger partial charge in [0.1, 0.15) is 18.4 Å². The van der Waals surface area contributed by atoms with E-state index in [1.165, 1.54) is 4.90 Å². The fourth-order valence-corrected chi connectivity index (χ4v) is 5.93. The van der Waals surface area contributed by atoms with E-state index in [4.69, 9.17) is 0 Å².